The highest BCUT2D eigenvalue weighted by molar-refractivity contribution is 5.51. The molecule has 4 heteroatoms. The van der Waals surface area contributed by atoms with Crippen molar-refractivity contribution >= 4 is 5.69 Å². The van der Waals surface area contributed by atoms with Gasteiger partial charge in [-0.15, -0.1) is 0 Å². The molecule has 0 saturated carbocycles. The maximum Gasteiger partial charge on any atom is 0.170 e. The van der Waals surface area contributed by atoms with Gasteiger partial charge in [0.1, 0.15) is 0 Å². The van der Waals surface area contributed by atoms with E-state index >= 15 is 0 Å². The number of fused-ring (bicyclic) bond motifs is 1. The molecule has 0 bridgehead atoms. The minimum atomic E-state index is -0.127. The summed E-state index contributed by atoms with van der Waals surface area (Å²) in [5.41, 5.74) is 9.58. The van der Waals surface area contributed by atoms with Crippen molar-refractivity contribution in [3.63, 3.8) is 0 Å². The van der Waals surface area contributed by atoms with Gasteiger partial charge < -0.3 is 15.2 Å². The number of nitrogens with zero attached hydrogens (tertiary/aromatic N) is 1. The van der Waals surface area contributed by atoms with Crippen LogP contribution in [-0.4, -0.2) is 37.5 Å². The normalized spacial score (nSPS) is 15.7. The predicted octanol–water partition coefficient (Wildman–Crippen LogP) is 2.03. The number of ether oxygens (including phenoxy) is 2. The van der Waals surface area contributed by atoms with Crippen molar-refractivity contribution < 1.29 is 9.47 Å². The van der Waals surface area contributed by atoms with Crippen molar-refractivity contribution in [2.75, 3.05) is 32.0 Å². The lowest BCUT2D eigenvalue weighted by Crippen LogP contribution is -2.39. The summed E-state index contributed by atoms with van der Waals surface area (Å²) in [4.78, 5) is 2.37. The van der Waals surface area contributed by atoms with E-state index in [-0.39, 0.29) is 6.29 Å². The molecule has 2 N–H and O–H groups in total. The maximum atomic E-state index is 6.02. The lowest BCUT2D eigenvalue weighted by atomic mass is 9.98. The Balaban J connectivity index is 1.97. The van der Waals surface area contributed by atoms with Crippen molar-refractivity contribution in [1.82, 2.24) is 4.90 Å². The van der Waals surface area contributed by atoms with Crippen LogP contribution in [0, 0.1) is 0 Å². The first-order valence-corrected chi connectivity index (χ1v) is 7.06. The topological polar surface area (TPSA) is 47.7 Å². The van der Waals surface area contributed by atoms with Crippen LogP contribution in [0.2, 0.25) is 0 Å². The molecule has 0 spiro atoms. The van der Waals surface area contributed by atoms with Crippen molar-refractivity contribution in [3.05, 3.63) is 29.3 Å². The molecule has 0 fully saturated rings. The molecule has 0 aromatic heterocycles. The van der Waals surface area contributed by atoms with Crippen LogP contribution in [0.25, 0.3) is 0 Å². The Morgan fingerprint density at radius 3 is 2.68 bits per heavy atom. The Kier molecular flexibility index (Phi) is 5.19. The molecule has 0 radical (unpaired) electrons. The molecule has 106 valence electrons. The summed E-state index contributed by atoms with van der Waals surface area (Å²) in [5.74, 6) is 0. The fraction of sp³-hybridized carbons (Fsp3) is 0.600. The van der Waals surface area contributed by atoms with Gasteiger partial charge in [-0.1, -0.05) is 12.1 Å². The molecule has 4 nitrogen and oxygen atoms in total. The van der Waals surface area contributed by atoms with Gasteiger partial charge in [0.05, 0.1) is 0 Å². The van der Waals surface area contributed by atoms with Gasteiger partial charge >= 0.3 is 0 Å². The minimum absolute atomic E-state index is 0.127. The molecule has 0 saturated heterocycles. The van der Waals surface area contributed by atoms with Gasteiger partial charge in [0.15, 0.2) is 6.29 Å². The average molecular weight is 264 g/mol. The van der Waals surface area contributed by atoms with Crippen molar-refractivity contribution in [3.8, 4) is 0 Å². The molecule has 1 aromatic carbocycles. The number of hydrogen-bond donors (Lipinski definition) is 1. The van der Waals surface area contributed by atoms with Gasteiger partial charge in [0.2, 0.25) is 0 Å². The SMILES string of the molecule is CCOC(CN1CCc2c(N)cccc2C1)OCC. The third-order valence-electron chi connectivity index (χ3n) is 3.49. The van der Waals surface area contributed by atoms with Crippen LogP contribution in [0.1, 0.15) is 25.0 Å². The zero-order valence-electron chi connectivity index (χ0n) is 11.9. The molecule has 0 unspecified atom stereocenters. The van der Waals surface area contributed by atoms with E-state index in [2.05, 4.69) is 11.0 Å². The molecule has 1 heterocycles. The van der Waals surface area contributed by atoms with E-state index in [4.69, 9.17) is 15.2 Å². The Morgan fingerprint density at radius 2 is 2.00 bits per heavy atom. The second-order valence-electron chi connectivity index (χ2n) is 4.81. The van der Waals surface area contributed by atoms with E-state index < -0.39 is 0 Å². The highest BCUT2D eigenvalue weighted by Crippen LogP contribution is 2.24. The second-order valence-corrected chi connectivity index (χ2v) is 4.81. The molecule has 1 aliphatic rings. The van der Waals surface area contributed by atoms with E-state index in [0.717, 1.165) is 31.7 Å². The summed E-state index contributed by atoms with van der Waals surface area (Å²) in [7, 11) is 0. The van der Waals surface area contributed by atoms with Crippen LogP contribution in [0.4, 0.5) is 5.69 Å². The Bertz CT molecular complexity index is 403. The molecule has 0 amide bonds. The monoisotopic (exact) mass is 264 g/mol. The van der Waals surface area contributed by atoms with Gasteiger partial charge in [0, 0.05) is 38.5 Å². The van der Waals surface area contributed by atoms with Gasteiger partial charge in [0.25, 0.3) is 0 Å². The van der Waals surface area contributed by atoms with Crippen molar-refractivity contribution in [1.29, 1.82) is 0 Å². The third-order valence-corrected chi connectivity index (χ3v) is 3.49. The first-order chi connectivity index (χ1) is 9.24. The molecular formula is C15H24N2O2. The molecule has 1 aliphatic heterocycles. The van der Waals surface area contributed by atoms with Crippen LogP contribution in [0.3, 0.4) is 0 Å². The van der Waals surface area contributed by atoms with Crippen LogP contribution < -0.4 is 5.73 Å². The molecule has 1 aromatic rings. The number of nitrogens with two attached hydrogens (primary N) is 1. The number of benzene rings is 1. The highest BCUT2D eigenvalue weighted by atomic mass is 16.7. The highest BCUT2D eigenvalue weighted by Gasteiger charge is 2.21. The first kappa shape index (κ1) is 14.3. The first-order valence-electron chi connectivity index (χ1n) is 7.06. The average Bonchev–Trinajstić information content (AvgIpc) is 2.39. The smallest absolute Gasteiger partial charge is 0.170 e. The van der Waals surface area contributed by atoms with Crippen LogP contribution in [-0.2, 0) is 22.4 Å². The van der Waals surface area contributed by atoms with E-state index in [9.17, 15) is 0 Å². The van der Waals surface area contributed by atoms with Gasteiger partial charge in [-0.05, 0) is 37.5 Å². The van der Waals surface area contributed by atoms with Gasteiger partial charge in [-0.2, -0.15) is 0 Å². The molecule has 19 heavy (non-hydrogen) atoms. The standard InChI is InChI=1S/C15H24N2O2/c1-3-18-15(19-4-2)11-17-9-8-13-12(10-17)6-5-7-14(13)16/h5-7,15H,3-4,8-11,16H2,1-2H3. The molecule has 0 aliphatic carbocycles. The summed E-state index contributed by atoms with van der Waals surface area (Å²) in [6.45, 7) is 8.12. The van der Waals surface area contributed by atoms with E-state index in [1.54, 1.807) is 0 Å². The lowest BCUT2D eigenvalue weighted by molar-refractivity contribution is -0.148. The Morgan fingerprint density at radius 1 is 1.26 bits per heavy atom. The van der Waals surface area contributed by atoms with E-state index in [1.165, 1.54) is 11.1 Å². The zero-order chi connectivity index (χ0) is 13.7. The molecule has 0 atom stereocenters. The summed E-state index contributed by atoms with van der Waals surface area (Å²) in [5, 5.41) is 0. The largest absolute Gasteiger partial charge is 0.398 e. The number of hydrogen-bond acceptors (Lipinski definition) is 4. The quantitative estimate of drug-likeness (QED) is 0.631. The third kappa shape index (κ3) is 3.69. The summed E-state index contributed by atoms with van der Waals surface area (Å²) < 4.78 is 11.2. The molecular weight excluding hydrogens is 240 g/mol. The van der Waals surface area contributed by atoms with Crippen LogP contribution in [0.15, 0.2) is 18.2 Å². The fourth-order valence-electron chi connectivity index (χ4n) is 2.59. The minimum Gasteiger partial charge on any atom is -0.398 e. The number of anilines is 1. The molecule has 2 rings (SSSR count). The fourth-order valence-corrected chi connectivity index (χ4v) is 2.59. The van der Waals surface area contributed by atoms with E-state index in [0.29, 0.717) is 13.2 Å². The predicted molar refractivity (Wildman–Crippen MR) is 76.9 cm³/mol. The number of rotatable bonds is 6. The van der Waals surface area contributed by atoms with Crippen LogP contribution >= 0.6 is 0 Å². The van der Waals surface area contributed by atoms with Crippen molar-refractivity contribution in [2.45, 2.75) is 33.1 Å². The van der Waals surface area contributed by atoms with E-state index in [1.807, 2.05) is 26.0 Å². The summed E-state index contributed by atoms with van der Waals surface area (Å²) in [6, 6.07) is 6.17. The zero-order valence-corrected chi connectivity index (χ0v) is 11.9. The van der Waals surface area contributed by atoms with Crippen molar-refractivity contribution in [2.24, 2.45) is 0 Å². The maximum absolute atomic E-state index is 6.02. The number of nitrogen functional groups attached to an aromatic ring is 1. The van der Waals surface area contributed by atoms with Gasteiger partial charge in [-0.25, -0.2) is 0 Å². The summed E-state index contributed by atoms with van der Waals surface area (Å²) >= 11 is 0. The second kappa shape index (κ2) is 6.89. The van der Waals surface area contributed by atoms with Gasteiger partial charge in [-0.3, -0.25) is 4.90 Å². The Hall–Kier alpha value is -1.10. The summed E-state index contributed by atoms with van der Waals surface area (Å²) in [6.07, 6.45) is 0.880. The lowest BCUT2D eigenvalue weighted by Gasteiger charge is -2.32. The Labute approximate surface area is 115 Å². The van der Waals surface area contributed by atoms with Crippen LogP contribution in [0.5, 0.6) is 0 Å².